The topological polar surface area (TPSA) is 26.0 Å². The molecule has 1 heterocycles. The first-order valence-electron chi connectivity index (χ1n) is 4.11. The van der Waals surface area contributed by atoms with E-state index in [1.165, 1.54) is 6.92 Å². The van der Waals surface area contributed by atoms with Crippen molar-refractivity contribution in [1.82, 2.24) is 5.16 Å². The minimum atomic E-state index is -4.99. The summed E-state index contributed by atoms with van der Waals surface area (Å²) in [5, 5.41) is 3.32. The van der Waals surface area contributed by atoms with Gasteiger partial charge in [-0.3, -0.25) is 0 Å². The Morgan fingerprint density at radius 3 is 2.36 bits per heavy atom. The van der Waals surface area contributed by atoms with Gasteiger partial charge in [0.25, 0.3) is 0 Å². The molecule has 0 saturated carbocycles. The molecule has 0 aromatic carbocycles. The molecule has 0 fully saturated rings. The van der Waals surface area contributed by atoms with Gasteiger partial charge < -0.3 is 17.5 Å². The summed E-state index contributed by atoms with van der Waals surface area (Å²) in [5.41, 5.74) is -0.710. The van der Waals surface area contributed by atoms with Gasteiger partial charge in [0, 0.05) is 6.42 Å². The third kappa shape index (κ3) is 3.37. The van der Waals surface area contributed by atoms with Crippen LogP contribution in [-0.4, -0.2) is 12.1 Å². The maximum absolute atomic E-state index is 12.4. The van der Waals surface area contributed by atoms with E-state index in [1.54, 1.807) is 6.92 Å². The molecule has 0 N–H and O–H groups in total. The zero-order valence-electron chi connectivity index (χ0n) is 8.48. The number of rotatable bonds is 3. The van der Waals surface area contributed by atoms with E-state index >= 15 is 0 Å². The molecule has 0 amide bonds. The van der Waals surface area contributed by atoms with Crippen molar-refractivity contribution in [3.63, 3.8) is 0 Å². The molecule has 0 aliphatic heterocycles. The Balaban J connectivity index is 0.00000169. The van der Waals surface area contributed by atoms with Crippen molar-refractivity contribution in [3.8, 4) is 0 Å². The van der Waals surface area contributed by atoms with Gasteiger partial charge in [-0.05, 0) is 18.8 Å². The van der Waals surface area contributed by atoms with E-state index in [0.29, 0.717) is 6.42 Å². The predicted octanol–water partition coefficient (Wildman–Crippen LogP) is -1.01. The maximum atomic E-state index is 12.4. The molecule has 0 radical (unpaired) electrons. The quantitative estimate of drug-likeness (QED) is 0.623. The second-order valence-corrected chi connectivity index (χ2v) is 2.93. The molecule has 2 nitrogen and oxygen atoms in total. The van der Waals surface area contributed by atoms with Gasteiger partial charge in [0.15, 0.2) is 0 Å². The fraction of sp³-hybridized carbons (Fsp3) is 0.571. The van der Waals surface area contributed by atoms with Gasteiger partial charge in [0.2, 0.25) is 0 Å². The van der Waals surface area contributed by atoms with Gasteiger partial charge in [-0.1, -0.05) is 12.1 Å². The fourth-order valence-corrected chi connectivity index (χ4v) is 1.25. The van der Waals surface area contributed by atoms with Gasteiger partial charge in [-0.2, -0.15) is 0 Å². The fourth-order valence-electron chi connectivity index (χ4n) is 1.25. The number of hydrogen-bond acceptors (Lipinski definition) is 2. The molecule has 0 aliphatic carbocycles. The molecule has 1 rings (SSSR count). The van der Waals surface area contributed by atoms with Crippen molar-refractivity contribution in [3.05, 3.63) is 11.5 Å². The van der Waals surface area contributed by atoms with E-state index in [-0.39, 0.29) is 69.3 Å². The normalized spacial score (nSPS) is 11.2. The molecule has 0 aliphatic rings. The molecule has 14 heavy (non-hydrogen) atoms. The third-order valence-corrected chi connectivity index (χ3v) is 1.79. The maximum Gasteiger partial charge on any atom is 1.00 e. The van der Waals surface area contributed by atoms with Crippen LogP contribution in [0.15, 0.2) is 4.52 Å². The van der Waals surface area contributed by atoms with Crippen LogP contribution < -0.4 is 56.8 Å². The molecule has 0 saturated heterocycles. The van der Waals surface area contributed by atoms with Gasteiger partial charge in [0.05, 0.1) is 5.69 Å². The monoisotopic (exact) mass is 231 g/mol. The van der Waals surface area contributed by atoms with E-state index < -0.39 is 12.4 Å². The Kier molecular flexibility index (Phi) is 5.98. The molecule has 74 valence electrons. The molecule has 0 spiro atoms. The second kappa shape index (κ2) is 5.69. The number of aromatic nitrogens is 1. The van der Waals surface area contributed by atoms with Gasteiger partial charge in [-0.15, -0.1) is 0 Å². The van der Waals surface area contributed by atoms with E-state index in [0.717, 1.165) is 0 Å². The van der Waals surface area contributed by atoms with E-state index in [2.05, 4.69) is 9.68 Å². The minimum absolute atomic E-state index is 0. The summed E-state index contributed by atoms with van der Waals surface area (Å²) in [7, 11) is 0. The third-order valence-electron chi connectivity index (χ3n) is 1.79. The van der Waals surface area contributed by atoms with Crippen LogP contribution in [0.4, 0.5) is 12.9 Å². The predicted molar refractivity (Wildman–Crippen MR) is 43.9 cm³/mol. The zero-order chi connectivity index (χ0) is 10.1. The first-order valence-corrected chi connectivity index (χ1v) is 4.11. The van der Waals surface area contributed by atoms with Crippen LogP contribution in [0.5, 0.6) is 0 Å². The van der Waals surface area contributed by atoms with Crippen molar-refractivity contribution in [1.29, 1.82) is 0 Å². The Morgan fingerprint density at radius 2 is 1.93 bits per heavy atom. The van der Waals surface area contributed by atoms with Crippen LogP contribution in [0.3, 0.4) is 0 Å². The molecule has 0 unspecified atom stereocenters. The van der Waals surface area contributed by atoms with E-state index in [9.17, 15) is 12.9 Å². The van der Waals surface area contributed by atoms with Crippen molar-refractivity contribution < 1.29 is 68.9 Å². The summed E-state index contributed by atoms with van der Waals surface area (Å²) in [6.07, 6.45) is 0.908. The summed E-state index contributed by atoms with van der Waals surface area (Å²) in [5.74, 6) is -0.0347. The average molecular weight is 231 g/mol. The molecule has 1 aromatic heterocycles. The Labute approximate surface area is 123 Å². The van der Waals surface area contributed by atoms with E-state index in [1.807, 2.05) is 0 Å². The number of halogens is 3. The van der Waals surface area contributed by atoms with Crippen molar-refractivity contribution in [2.24, 2.45) is 0 Å². The minimum Gasteiger partial charge on any atom is -0.445 e. The summed E-state index contributed by atoms with van der Waals surface area (Å²) >= 11 is 0. The molecule has 7 heteroatoms. The summed E-state index contributed by atoms with van der Waals surface area (Å²) < 4.78 is 41.9. The first kappa shape index (κ1) is 14.7. The van der Waals surface area contributed by atoms with Crippen LogP contribution in [0.2, 0.25) is 0 Å². The Morgan fingerprint density at radius 1 is 1.36 bits per heavy atom. The van der Waals surface area contributed by atoms with Crippen LogP contribution in [0.25, 0.3) is 0 Å². The molecular weight excluding hydrogens is 221 g/mol. The largest absolute Gasteiger partial charge is 1.00 e. The smallest absolute Gasteiger partial charge is 0.445 e. The first-order chi connectivity index (χ1) is 5.96. The van der Waals surface area contributed by atoms with Crippen molar-refractivity contribution >= 4 is 12.4 Å². The molecule has 0 atom stereocenters. The van der Waals surface area contributed by atoms with Crippen molar-refractivity contribution in [2.45, 2.75) is 26.7 Å². The van der Waals surface area contributed by atoms with E-state index in [4.69, 9.17) is 0 Å². The summed E-state index contributed by atoms with van der Waals surface area (Å²) in [6, 6.07) is 0. The SMILES string of the molecule is CCCc1onc(C)c1[B-](F)(F)F.[K+]. The molecule has 0 bridgehead atoms. The zero-order valence-corrected chi connectivity index (χ0v) is 11.6. The summed E-state index contributed by atoms with van der Waals surface area (Å²) in [4.78, 5) is 0. The van der Waals surface area contributed by atoms with Crippen LogP contribution in [0, 0.1) is 6.92 Å². The van der Waals surface area contributed by atoms with Crippen molar-refractivity contribution in [2.75, 3.05) is 0 Å². The standard InChI is InChI=1S/C7H10BF3NO.K/c1-3-4-6-7(8(9,10)11)5(2)12-13-6;/h3-4H2,1-2H3;/q-1;+1. The number of nitrogens with zero attached hydrogens (tertiary/aromatic N) is 1. The molecular formula is C7H10BF3KNO. The second-order valence-electron chi connectivity index (χ2n) is 2.93. The Bertz CT molecular complexity index is 300. The molecule has 1 aromatic rings. The van der Waals surface area contributed by atoms with Gasteiger partial charge in [-0.25, -0.2) is 0 Å². The number of aryl methyl sites for hydroxylation is 2. The van der Waals surface area contributed by atoms with Crippen LogP contribution >= 0.6 is 0 Å². The Hall–Kier alpha value is 0.701. The van der Waals surface area contributed by atoms with Crippen LogP contribution in [0.1, 0.15) is 24.8 Å². The van der Waals surface area contributed by atoms with Crippen LogP contribution in [-0.2, 0) is 6.42 Å². The van der Waals surface area contributed by atoms with Gasteiger partial charge in [0.1, 0.15) is 5.76 Å². The van der Waals surface area contributed by atoms with Gasteiger partial charge >= 0.3 is 58.4 Å². The number of hydrogen-bond donors (Lipinski definition) is 0. The summed E-state index contributed by atoms with van der Waals surface area (Å²) in [6.45, 7) is -1.88. The average Bonchev–Trinajstić information content (AvgIpc) is 2.31.